The standard InChI is InChI=1S/C13H24N2O3/c1-4-5-9-15(3)12(18)14-10-7-6-8-13(10,2)11(16)17/h10H,4-9H2,1-3H3,(H,14,18)(H,16,17). The summed E-state index contributed by atoms with van der Waals surface area (Å²) in [4.78, 5) is 24.9. The Balaban J connectivity index is 2.56. The second-order valence-electron chi connectivity index (χ2n) is 5.39. The average Bonchev–Trinajstić information content (AvgIpc) is 2.69. The molecule has 0 bridgehead atoms. The molecule has 2 unspecified atom stereocenters. The number of nitrogens with one attached hydrogen (secondary N) is 1. The van der Waals surface area contributed by atoms with Gasteiger partial charge in [0.15, 0.2) is 0 Å². The number of amides is 2. The van der Waals surface area contributed by atoms with Crippen LogP contribution in [0.25, 0.3) is 0 Å². The van der Waals surface area contributed by atoms with Crippen molar-refractivity contribution < 1.29 is 14.7 Å². The molecule has 0 aromatic carbocycles. The van der Waals surface area contributed by atoms with E-state index >= 15 is 0 Å². The van der Waals surface area contributed by atoms with Crippen LogP contribution in [0.15, 0.2) is 0 Å². The van der Waals surface area contributed by atoms with Crippen LogP contribution in [0.5, 0.6) is 0 Å². The molecule has 1 rings (SSSR count). The molecule has 104 valence electrons. The normalized spacial score (nSPS) is 26.9. The smallest absolute Gasteiger partial charge is 0.317 e. The highest BCUT2D eigenvalue weighted by Crippen LogP contribution is 2.38. The number of hydrogen-bond donors (Lipinski definition) is 2. The molecule has 0 saturated heterocycles. The molecule has 2 N–H and O–H groups in total. The molecular weight excluding hydrogens is 232 g/mol. The predicted octanol–water partition coefficient (Wildman–Crippen LogP) is 2.07. The van der Waals surface area contributed by atoms with Gasteiger partial charge in [-0.25, -0.2) is 4.79 Å². The molecule has 1 aliphatic rings. The Morgan fingerprint density at radius 1 is 1.50 bits per heavy atom. The van der Waals surface area contributed by atoms with Gasteiger partial charge in [-0.2, -0.15) is 0 Å². The van der Waals surface area contributed by atoms with E-state index in [4.69, 9.17) is 0 Å². The van der Waals surface area contributed by atoms with Gasteiger partial charge < -0.3 is 15.3 Å². The molecule has 0 aromatic heterocycles. The third kappa shape index (κ3) is 3.15. The summed E-state index contributed by atoms with van der Waals surface area (Å²) in [5.41, 5.74) is -0.818. The Hall–Kier alpha value is -1.26. The van der Waals surface area contributed by atoms with Crippen LogP contribution >= 0.6 is 0 Å². The summed E-state index contributed by atoms with van der Waals surface area (Å²) in [7, 11) is 1.75. The highest BCUT2D eigenvalue weighted by Gasteiger charge is 2.46. The maximum Gasteiger partial charge on any atom is 0.317 e. The Morgan fingerprint density at radius 3 is 2.72 bits per heavy atom. The van der Waals surface area contributed by atoms with E-state index in [2.05, 4.69) is 12.2 Å². The van der Waals surface area contributed by atoms with Crippen LogP contribution in [0, 0.1) is 5.41 Å². The lowest BCUT2D eigenvalue weighted by atomic mass is 9.85. The third-order valence-electron chi connectivity index (χ3n) is 3.94. The predicted molar refractivity (Wildman–Crippen MR) is 69.5 cm³/mol. The summed E-state index contributed by atoms with van der Waals surface area (Å²) in [5, 5.41) is 12.1. The Morgan fingerprint density at radius 2 is 2.17 bits per heavy atom. The summed E-state index contributed by atoms with van der Waals surface area (Å²) in [6.07, 6.45) is 4.23. The Kier molecular flexibility index (Phi) is 4.99. The number of carboxylic acid groups (broad SMARTS) is 1. The van der Waals surface area contributed by atoms with Crippen molar-refractivity contribution in [3.05, 3.63) is 0 Å². The van der Waals surface area contributed by atoms with Crippen LogP contribution < -0.4 is 5.32 Å². The second-order valence-corrected chi connectivity index (χ2v) is 5.39. The van der Waals surface area contributed by atoms with E-state index < -0.39 is 11.4 Å². The fourth-order valence-corrected chi connectivity index (χ4v) is 2.41. The van der Waals surface area contributed by atoms with E-state index in [0.29, 0.717) is 13.0 Å². The van der Waals surface area contributed by atoms with Gasteiger partial charge in [0.25, 0.3) is 0 Å². The van der Waals surface area contributed by atoms with Crippen molar-refractivity contribution in [1.29, 1.82) is 0 Å². The number of hydrogen-bond acceptors (Lipinski definition) is 2. The molecule has 0 aliphatic heterocycles. The van der Waals surface area contributed by atoms with E-state index in [1.807, 2.05) is 0 Å². The van der Waals surface area contributed by atoms with Crippen LogP contribution in [-0.2, 0) is 4.79 Å². The first-order valence-electron chi connectivity index (χ1n) is 6.67. The highest BCUT2D eigenvalue weighted by molar-refractivity contribution is 5.79. The van der Waals surface area contributed by atoms with Gasteiger partial charge in [0.05, 0.1) is 5.41 Å². The molecule has 5 nitrogen and oxygen atoms in total. The van der Waals surface area contributed by atoms with Crippen molar-refractivity contribution in [2.75, 3.05) is 13.6 Å². The average molecular weight is 256 g/mol. The van der Waals surface area contributed by atoms with E-state index in [1.54, 1.807) is 18.9 Å². The minimum absolute atomic E-state index is 0.164. The summed E-state index contributed by atoms with van der Waals surface area (Å²) in [5.74, 6) is -0.818. The number of nitrogens with zero attached hydrogens (tertiary/aromatic N) is 1. The number of carbonyl (C=O) groups is 2. The largest absolute Gasteiger partial charge is 0.481 e. The van der Waals surface area contributed by atoms with Crippen molar-refractivity contribution in [3.8, 4) is 0 Å². The van der Waals surface area contributed by atoms with E-state index in [1.165, 1.54) is 0 Å². The van der Waals surface area contributed by atoms with Gasteiger partial charge in [0, 0.05) is 19.6 Å². The number of unbranched alkanes of at least 4 members (excludes halogenated alkanes) is 1. The molecule has 0 heterocycles. The molecule has 18 heavy (non-hydrogen) atoms. The number of urea groups is 1. The molecule has 5 heteroatoms. The van der Waals surface area contributed by atoms with E-state index in [9.17, 15) is 14.7 Å². The number of carbonyl (C=O) groups excluding carboxylic acids is 1. The maximum absolute atomic E-state index is 11.9. The zero-order valence-corrected chi connectivity index (χ0v) is 11.5. The first-order valence-corrected chi connectivity index (χ1v) is 6.67. The first kappa shape index (κ1) is 14.8. The monoisotopic (exact) mass is 256 g/mol. The van der Waals surface area contributed by atoms with E-state index in [-0.39, 0.29) is 12.1 Å². The zero-order chi connectivity index (χ0) is 13.8. The van der Waals surface area contributed by atoms with Crippen molar-refractivity contribution in [2.45, 2.75) is 52.0 Å². The van der Waals surface area contributed by atoms with Gasteiger partial charge in [0.1, 0.15) is 0 Å². The van der Waals surface area contributed by atoms with Crippen molar-refractivity contribution in [1.82, 2.24) is 10.2 Å². The molecule has 2 amide bonds. The topological polar surface area (TPSA) is 69.6 Å². The minimum atomic E-state index is -0.818. The van der Waals surface area contributed by atoms with Gasteiger partial charge >= 0.3 is 12.0 Å². The molecule has 0 radical (unpaired) electrons. The Labute approximate surface area is 109 Å². The SMILES string of the molecule is CCCCN(C)C(=O)NC1CCCC1(C)C(=O)O. The lowest BCUT2D eigenvalue weighted by Crippen LogP contribution is -2.50. The molecule has 0 spiro atoms. The lowest BCUT2D eigenvalue weighted by Gasteiger charge is -2.29. The van der Waals surface area contributed by atoms with Crippen molar-refractivity contribution >= 4 is 12.0 Å². The van der Waals surface area contributed by atoms with Gasteiger partial charge in [-0.3, -0.25) is 4.79 Å². The van der Waals surface area contributed by atoms with Crippen LogP contribution in [0.3, 0.4) is 0 Å². The summed E-state index contributed by atoms with van der Waals surface area (Å²) < 4.78 is 0. The summed E-state index contributed by atoms with van der Waals surface area (Å²) in [6, 6.07) is -0.422. The van der Waals surface area contributed by atoms with Gasteiger partial charge in [-0.1, -0.05) is 19.8 Å². The van der Waals surface area contributed by atoms with Gasteiger partial charge in [0.2, 0.25) is 0 Å². The zero-order valence-electron chi connectivity index (χ0n) is 11.5. The molecular formula is C13H24N2O3. The third-order valence-corrected chi connectivity index (χ3v) is 3.94. The number of rotatable bonds is 5. The van der Waals surface area contributed by atoms with Crippen molar-refractivity contribution in [2.24, 2.45) is 5.41 Å². The summed E-state index contributed by atoms with van der Waals surface area (Å²) in [6.45, 7) is 4.50. The molecule has 1 saturated carbocycles. The minimum Gasteiger partial charge on any atom is -0.481 e. The van der Waals surface area contributed by atoms with Crippen molar-refractivity contribution in [3.63, 3.8) is 0 Å². The first-order chi connectivity index (χ1) is 8.41. The fourth-order valence-electron chi connectivity index (χ4n) is 2.41. The Bertz CT molecular complexity index is 319. The molecule has 0 aromatic rings. The number of carboxylic acids is 1. The fraction of sp³-hybridized carbons (Fsp3) is 0.846. The van der Waals surface area contributed by atoms with E-state index in [0.717, 1.165) is 25.7 Å². The van der Waals surface area contributed by atoms with Gasteiger partial charge in [-0.15, -0.1) is 0 Å². The quantitative estimate of drug-likeness (QED) is 0.791. The highest BCUT2D eigenvalue weighted by atomic mass is 16.4. The van der Waals surface area contributed by atoms with Crippen LogP contribution in [-0.4, -0.2) is 41.6 Å². The summed E-state index contributed by atoms with van der Waals surface area (Å²) >= 11 is 0. The lowest BCUT2D eigenvalue weighted by molar-refractivity contribution is -0.148. The van der Waals surface area contributed by atoms with Crippen LogP contribution in [0.4, 0.5) is 4.79 Å². The van der Waals surface area contributed by atoms with Crippen LogP contribution in [0.1, 0.15) is 46.0 Å². The maximum atomic E-state index is 11.9. The van der Waals surface area contributed by atoms with Gasteiger partial charge in [-0.05, 0) is 26.2 Å². The second kappa shape index (κ2) is 6.07. The molecule has 2 atom stereocenters. The molecule has 1 fully saturated rings. The number of aliphatic carboxylic acids is 1. The molecule has 1 aliphatic carbocycles. The van der Waals surface area contributed by atoms with Crippen LogP contribution in [0.2, 0.25) is 0 Å².